The second kappa shape index (κ2) is 9.08. The van der Waals surface area contributed by atoms with Crippen molar-refractivity contribution in [1.82, 2.24) is 19.8 Å². The van der Waals surface area contributed by atoms with Gasteiger partial charge in [-0.3, -0.25) is 14.7 Å². The summed E-state index contributed by atoms with van der Waals surface area (Å²) in [6.45, 7) is 4.44. The highest BCUT2D eigenvalue weighted by Gasteiger charge is 2.21. The summed E-state index contributed by atoms with van der Waals surface area (Å²) in [5, 5.41) is 3.02. The van der Waals surface area contributed by atoms with Crippen molar-refractivity contribution in [3.05, 3.63) is 70.7 Å². The highest BCUT2D eigenvalue weighted by Crippen LogP contribution is 2.21. The molecule has 6 heteroatoms. The van der Waals surface area contributed by atoms with Crippen LogP contribution in [0.4, 0.5) is 0 Å². The average molecular weight is 393 g/mol. The number of aryl methyl sites for hydroxylation is 1. The van der Waals surface area contributed by atoms with E-state index in [1.807, 2.05) is 34.5 Å². The molecule has 0 aliphatic carbocycles. The molecule has 0 unspecified atom stereocenters. The van der Waals surface area contributed by atoms with Crippen LogP contribution in [0, 0.1) is 0 Å². The van der Waals surface area contributed by atoms with Gasteiger partial charge in [0.25, 0.3) is 0 Å². The molecular formula is C22H24N4OS. The number of hydrogen-bond acceptors (Lipinski definition) is 5. The van der Waals surface area contributed by atoms with E-state index in [4.69, 9.17) is 0 Å². The smallest absolute Gasteiger partial charge is 0.223 e. The fourth-order valence-electron chi connectivity index (χ4n) is 3.43. The first-order chi connectivity index (χ1) is 13.8. The predicted octanol–water partition coefficient (Wildman–Crippen LogP) is 3.48. The molecule has 0 bridgehead atoms. The van der Waals surface area contributed by atoms with E-state index in [-0.39, 0.29) is 5.91 Å². The van der Waals surface area contributed by atoms with Gasteiger partial charge in [-0.05, 0) is 17.7 Å². The first kappa shape index (κ1) is 18.8. The molecule has 5 nitrogen and oxygen atoms in total. The van der Waals surface area contributed by atoms with E-state index >= 15 is 0 Å². The number of rotatable bonds is 6. The van der Waals surface area contributed by atoms with Gasteiger partial charge in [-0.15, -0.1) is 11.3 Å². The van der Waals surface area contributed by atoms with Crippen molar-refractivity contribution in [2.45, 2.75) is 19.4 Å². The fraction of sp³-hybridized carbons (Fsp3) is 0.318. The Morgan fingerprint density at radius 1 is 0.964 bits per heavy atom. The van der Waals surface area contributed by atoms with Gasteiger partial charge in [0.15, 0.2) is 0 Å². The van der Waals surface area contributed by atoms with E-state index in [2.05, 4.69) is 39.1 Å². The van der Waals surface area contributed by atoms with Gasteiger partial charge in [0.2, 0.25) is 5.91 Å². The molecule has 0 saturated carbocycles. The number of hydrogen-bond donors (Lipinski definition) is 0. The summed E-state index contributed by atoms with van der Waals surface area (Å²) in [6, 6.07) is 16.3. The summed E-state index contributed by atoms with van der Waals surface area (Å²) >= 11 is 1.60. The second-order valence-corrected chi connectivity index (χ2v) is 7.93. The summed E-state index contributed by atoms with van der Waals surface area (Å²) in [6.07, 6.45) is 2.99. The summed E-state index contributed by atoms with van der Waals surface area (Å²) in [5.41, 5.74) is 3.10. The number of carbonyl (C=O) groups excluding carboxylic acids is 1. The number of benzene rings is 1. The van der Waals surface area contributed by atoms with Gasteiger partial charge in [-0.1, -0.05) is 36.4 Å². The molecule has 0 N–H and O–H groups in total. The standard InChI is InChI=1S/C22H24N4OS/c27-22(10-9-21-24-20(17-28-21)19-8-4-5-11-23-19)26-14-12-25(13-15-26)16-18-6-2-1-3-7-18/h1-8,11,17H,9-10,12-16H2. The number of thiazole rings is 1. The zero-order chi connectivity index (χ0) is 19.2. The van der Waals surface area contributed by atoms with Gasteiger partial charge in [0.05, 0.1) is 16.4 Å². The lowest BCUT2D eigenvalue weighted by molar-refractivity contribution is -0.133. The van der Waals surface area contributed by atoms with Gasteiger partial charge in [0, 0.05) is 57.1 Å². The minimum atomic E-state index is 0.231. The highest BCUT2D eigenvalue weighted by atomic mass is 32.1. The minimum absolute atomic E-state index is 0.231. The molecule has 1 fully saturated rings. The van der Waals surface area contributed by atoms with Crippen LogP contribution in [-0.4, -0.2) is 51.9 Å². The van der Waals surface area contributed by atoms with E-state index in [9.17, 15) is 4.79 Å². The molecule has 28 heavy (non-hydrogen) atoms. The Kier molecular flexibility index (Phi) is 6.09. The number of carbonyl (C=O) groups is 1. The predicted molar refractivity (Wildman–Crippen MR) is 112 cm³/mol. The molecule has 4 rings (SSSR count). The second-order valence-electron chi connectivity index (χ2n) is 6.98. The Labute approximate surface area is 169 Å². The van der Waals surface area contributed by atoms with Crippen LogP contribution < -0.4 is 0 Å². The molecule has 1 amide bonds. The Balaban J connectivity index is 1.23. The van der Waals surface area contributed by atoms with Gasteiger partial charge in [0.1, 0.15) is 0 Å². The maximum atomic E-state index is 12.6. The third kappa shape index (κ3) is 4.82. The van der Waals surface area contributed by atoms with Crippen molar-refractivity contribution < 1.29 is 4.79 Å². The lowest BCUT2D eigenvalue weighted by atomic mass is 10.2. The number of piperazine rings is 1. The van der Waals surface area contributed by atoms with Crippen molar-refractivity contribution in [3.63, 3.8) is 0 Å². The van der Waals surface area contributed by atoms with Gasteiger partial charge in [-0.2, -0.15) is 0 Å². The minimum Gasteiger partial charge on any atom is -0.340 e. The van der Waals surface area contributed by atoms with E-state index < -0.39 is 0 Å². The zero-order valence-corrected chi connectivity index (χ0v) is 16.6. The van der Waals surface area contributed by atoms with Gasteiger partial charge in [-0.25, -0.2) is 4.98 Å². The highest BCUT2D eigenvalue weighted by molar-refractivity contribution is 7.09. The molecule has 1 aromatic carbocycles. The van der Waals surface area contributed by atoms with Crippen molar-refractivity contribution in [1.29, 1.82) is 0 Å². The molecule has 1 aliphatic rings. The van der Waals surface area contributed by atoms with E-state index in [1.165, 1.54) is 5.56 Å². The van der Waals surface area contributed by atoms with Crippen LogP contribution in [0.25, 0.3) is 11.4 Å². The van der Waals surface area contributed by atoms with Crippen LogP contribution in [0.15, 0.2) is 60.1 Å². The molecule has 0 radical (unpaired) electrons. The zero-order valence-electron chi connectivity index (χ0n) is 15.8. The van der Waals surface area contributed by atoms with Crippen LogP contribution in [-0.2, 0) is 17.8 Å². The van der Waals surface area contributed by atoms with Crippen LogP contribution >= 0.6 is 11.3 Å². The first-order valence-corrected chi connectivity index (χ1v) is 10.6. The first-order valence-electron chi connectivity index (χ1n) is 9.68. The van der Waals surface area contributed by atoms with Crippen molar-refractivity contribution in [3.8, 4) is 11.4 Å². The van der Waals surface area contributed by atoms with E-state index in [1.54, 1.807) is 17.5 Å². The van der Waals surface area contributed by atoms with E-state index in [0.717, 1.165) is 49.1 Å². The van der Waals surface area contributed by atoms with Crippen LogP contribution in [0.3, 0.4) is 0 Å². The molecule has 1 aliphatic heterocycles. The van der Waals surface area contributed by atoms with Crippen molar-refractivity contribution in [2.24, 2.45) is 0 Å². The van der Waals surface area contributed by atoms with Crippen LogP contribution in [0.5, 0.6) is 0 Å². The third-order valence-corrected chi connectivity index (χ3v) is 5.91. The van der Waals surface area contributed by atoms with Gasteiger partial charge < -0.3 is 4.90 Å². The van der Waals surface area contributed by atoms with Crippen LogP contribution in [0.1, 0.15) is 17.0 Å². The Morgan fingerprint density at radius 2 is 1.75 bits per heavy atom. The third-order valence-electron chi connectivity index (χ3n) is 5.01. The number of aromatic nitrogens is 2. The van der Waals surface area contributed by atoms with E-state index in [0.29, 0.717) is 12.8 Å². The SMILES string of the molecule is O=C(CCc1nc(-c2ccccn2)cs1)N1CCN(Cc2ccccc2)CC1. The monoisotopic (exact) mass is 392 g/mol. The van der Waals surface area contributed by atoms with Crippen LogP contribution in [0.2, 0.25) is 0 Å². The quantitative estimate of drug-likeness (QED) is 0.644. The lowest BCUT2D eigenvalue weighted by Gasteiger charge is -2.34. The normalized spacial score (nSPS) is 14.9. The Hall–Kier alpha value is -2.57. The van der Waals surface area contributed by atoms with Crippen molar-refractivity contribution >= 4 is 17.2 Å². The largest absolute Gasteiger partial charge is 0.340 e. The average Bonchev–Trinajstić information content (AvgIpc) is 3.23. The molecule has 3 aromatic rings. The Morgan fingerprint density at radius 3 is 2.50 bits per heavy atom. The molecule has 1 saturated heterocycles. The molecule has 0 atom stereocenters. The Bertz CT molecular complexity index is 889. The summed E-state index contributed by atoms with van der Waals surface area (Å²) in [5.74, 6) is 0.231. The molecule has 144 valence electrons. The topological polar surface area (TPSA) is 49.3 Å². The number of amides is 1. The van der Waals surface area contributed by atoms with Gasteiger partial charge >= 0.3 is 0 Å². The fourth-order valence-corrected chi connectivity index (χ4v) is 4.22. The molecule has 2 aromatic heterocycles. The number of pyridine rings is 1. The molecular weight excluding hydrogens is 368 g/mol. The van der Waals surface area contributed by atoms with Crippen molar-refractivity contribution in [2.75, 3.05) is 26.2 Å². The lowest BCUT2D eigenvalue weighted by Crippen LogP contribution is -2.48. The summed E-state index contributed by atoms with van der Waals surface area (Å²) < 4.78 is 0. The molecule has 3 heterocycles. The summed E-state index contributed by atoms with van der Waals surface area (Å²) in [7, 11) is 0. The maximum absolute atomic E-state index is 12.6. The number of nitrogens with zero attached hydrogens (tertiary/aromatic N) is 4. The maximum Gasteiger partial charge on any atom is 0.223 e. The summed E-state index contributed by atoms with van der Waals surface area (Å²) in [4.78, 5) is 26.0. The molecule has 0 spiro atoms.